The first-order valence-corrected chi connectivity index (χ1v) is 11.8. The molecular weight excluding hydrogens is 386 g/mol. The van der Waals surface area contributed by atoms with Gasteiger partial charge in [-0.05, 0) is 75.0 Å². The van der Waals surface area contributed by atoms with Gasteiger partial charge in [-0.15, -0.1) is 0 Å². The molecule has 1 N–H and O–H groups in total. The number of anilines is 1. The maximum atomic E-state index is 13.4. The standard InChI is InChI=1S/C26H33N3O2/c30-25(21-10-12-23(13-11-21)27-15-4-5-16-27)29-19-14-26(31,22-8-2-1-3-9-22)24(20-29)28-17-6-7-18-28/h1-3,8-13,24,31H,4-7,14-20H2/t24-,26+/m1/s1. The van der Waals surface area contributed by atoms with Gasteiger partial charge in [0.05, 0.1) is 6.04 Å². The third kappa shape index (κ3) is 3.97. The van der Waals surface area contributed by atoms with Crippen LogP contribution < -0.4 is 4.90 Å². The summed E-state index contributed by atoms with van der Waals surface area (Å²) in [5.74, 6) is 0.0762. The van der Waals surface area contributed by atoms with Gasteiger partial charge in [0.2, 0.25) is 0 Å². The Morgan fingerprint density at radius 1 is 0.839 bits per heavy atom. The number of hydrogen-bond donors (Lipinski definition) is 1. The lowest BCUT2D eigenvalue weighted by molar-refractivity contribution is -0.0878. The number of carbonyl (C=O) groups excluding carboxylic acids is 1. The van der Waals surface area contributed by atoms with Crippen molar-refractivity contribution in [3.05, 3.63) is 65.7 Å². The minimum Gasteiger partial charge on any atom is -0.383 e. The minimum atomic E-state index is -0.915. The van der Waals surface area contributed by atoms with E-state index in [1.807, 2.05) is 47.4 Å². The Hall–Kier alpha value is -2.37. The minimum absolute atomic E-state index is 0.0704. The Morgan fingerprint density at radius 3 is 2.16 bits per heavy atom. The average molecular weight is 420 g/mol. The zero-order valence-electron chi connectivity index (χ0n) is 18.2. The lowest BCUT2D eigenvalue weighted by Crippen LogP contribution is -2.61. The van der Waals surface area contributed by atoms with Crippen LogP contribution >= 0.6 is 0 Å². The molecule has 5 rings (SSSR count). The Labute approximate surface area is 185 Å². The summed E-state index contributed by atoms with van der Waals surface area (Å²) in [6.07, 6.45) is 5.38. The van der Waals surface area contributed by atoms with Crippen molar-refractivity contribution >= 4 is 11.6 Å². The summed E-state index contributed by atoms with van der Waals surface area (Å²) in [5.41, 5.74) is 2.01. The van der Waals surface area contributed by atoms with Crippen molar-refractivity contribution in [2.45, 2.75) is 43.7 Å². The molecule has 0 radical (unpaired) electrons. The van der Waals surface area contributed by atoms with Gasteiger partial charge in [0.25, 0.3) is 5.91 Å². The van der Waals surface area contributed by atoms with Crippen LogP contribution in [0, 0.1) is 0 Å². The molecule has 3 fully saturated rings. The van der Waals surface area contributed by atoms with Crippen LogP contribution in [0.5, 0.6) is 0 Å². The Bertz CT molecular complexity index is 889. The van der Waals surface area contributed by atoms with E-state index in [1.165, 1.54) is 18.5 Å². The normalized spacial score (nSPS) is 27.1. The highest BCUT2D eigenvalue weighted by molar-refractivity contribution is 5.94. The molecule has 2 aromatic carbocycles. The molecular formula is C26H33N3O2. The molecule has 31 heavy (non-hydrogen) atoms. The SMILES string of the molecule is O=C(c1ccc(N2CCCC2)cc1)N1CC[C@](O)(c2ccccc2)[C@H](N2CCCC2)C1. The van der Waals surface area contributed by atoms with E-state index in [2.05, 4.69) is 21.9 Å². The van der Waals surface area contributed by atoms with Gasteiger partial charge in [-0.3, -0.25) is 9.69 Å². The topological polar surface area (TPSA) is 47.0 Å². The van der Waals surface area contributed by atoms with Crippen LogP contribution in [0.25, 0.3) is 0 Å². The largest absolute Gasteiger partial charge is 0.383 e. The van der Waals surface area contributed by atoms with Crippen LogP contribution in [-0.2, 0) is 5.60 Å². The molecule has 5 heteroatoms. The van der Waals surface area contributed by atoms with Gasteiger partial charge in [-0.25, -0.2) is 0 Å². The smallest absolute Gasteiger partial charge is 0.253 e. The molecule has 2 atom stereocenters. The first kappa shape index (κ1) is 20.5. The number of amides is 1. The molecule has 0 saturated carbocycles. The highest BCUT2D eigenvalue weighted by atomic mass is 16.3. The van der Waals surface area contributed by atoms with Crippen molar-refractivity contribution in [1.82, 2.24) is 9.80 Å². The third-order valence-corrected chi connectivity index (χ3v) is 7.44. The summed E-state index contributed by atoms with van der Waals surface area (Å²) in [6, 6.07) is 18.1. The molecule has 0 aromatic heterocycles. The van der Waals surface area contributed by atoms with Crippen LogP contribution in [0.15, 0.2) is 54.6 Å². The molecule has 0 aliphatic carbocycles. The van der Waals surface area contributed by atoms with Gasteiger partial charge in [0.15, 0.2) is 0 Å². The zero-order valence-corrected chi connectivity index (χ0v) is 18.2. The van der Waals surface area contributed by atoms with Crippen molar-refractivity contribution in [2.24, 2.45) is 0 Å². The molecule has 3 heterocycles. The predicted octanol–water partition coefficient (Wildman–Crippen LogP) is 3.48. The van der Waals surface area contributed by atoms with Crippen molar-refractivity contribution in [2.75, 3.05) is 44.2 Å². The monoisotopic (exact) mass is 419 g/mol. The summed E-state index contributed by atoms with van der Waals surface area (Å²) in [7, 11) is 0. The number of likely N-dealkylation sites (tertiary alicyclic amines) is 2. The number of benzene rings is 2. The molecule has 3 aliphatic heterocycles. The third-order valence-electron chi connectivity index (χ3n) is 7.44. The van der Waals surface area contributed by atoms with E-state index in [0.717, 1.165) is 50.1 Å². The van der Waals surface area contributed by atoms with Crippen LogP contribution in [0.1, 0.15) is 48.0 Å². The highest BCUT2D eigenvalue weighted by Crippen LogP contribution is 2.37. The van der Waals surface area contributed by atoms with Gasteiger partial charge in [0, 0.05) is 37.4 Å². The zero-order chi connectivity index (χ0) is 21.3. The number of nitrogens with zero attached hydrogens (tertiary/aromatic N) is 3. The Balaban J connectivity index is 1.35. The molecule has 0 spiro atoms. The fourth-order valence-electron chi connectivity index (χ4n) is 5.61. The van der Waals surface area contributed by atoms with Crippen LogP contribution in [0.2, 0.25) is 0 Å². The second kappa shape index (κ2) is 8.64. The molecule has 1 amide bonds. The van der Waals surface area contributed by atoms with E-state index in [0.29, 0.717) is 19.5 Å². The van der Waals surface area contributed by atoms with Crippen molar-refractivity contribution in [3.8, 4) is 0 Å². The molecule has 0 bridgehead atoms. The second-order valence-electron chi connectivity index (χ2n) is 9.29. The fraction of sp³-hybridized carbons (Fsp3) is 0.500. The Kier molecular flexibility index (Phi) is 5.72. The van der Waals surface area contributed by atoms with E-state index in [4.69, 9.17) is 0 Å². The van der Waals surface area contributed by atoms with Crippen LogP contribution in [0.4, 0.5) is 5.69 Å². The number of piperidine rings is 1. The fourth-order valence-corrected chi connectivity index (χ4v) is 5.61. The lowest BCUT2D eigenvalue weighted by Gasteiger charge is -2.48. The quantitative estimate of drug-likeness (QED) is 0.824. The van der Waals surface area contributed by atoms with Crippen molar-refractivity contribution < 1.29 is 9.90 Å². The van der Waals surface area contributed by atoms with Gasteiger partial charge >= 0.3 is 0 Å². The van der Waals surface area contributed by atoms with Crippen LogP contribution in [0.3, 0.4) is 0 Å². The number of carbonyl (C=O) groups is 1. The summed E-state index contributed by atoms with van der Waals surface area (Å²) < 4.78 is 0. The van der Waals surface area contributed by atoms with Gasteiger partial charge < -0.3 is 14.9 Å². The molecule has 5 nitrogen and oxygen atoms in total. The van der Waals surface area contributed by atoms with E-state index in [-0.39, 0.29) is 11.9 Å². The van der Waals surface area contributed by atoms with Gasteiger partial charge in [0.1, 0.15) is 5.60 Å². The molecule has 3 saturated heterocycles. The molecule has 0 unspecified atom stereocenters. The van der Waals surface area contributed by atoms with Crippen LogP contribution in [-0.4, -0.2) is 66.1 Å². The first-order chi connectivity index (χ1) is 15.1. The maximum absolute atomic E-state index is 13.4. The van der Waals surface area contributed by atoms with E-state index in [1.54, 1.807) is 0 Å². The summed E-state index contributed by atoms with van der Waals surface area (Å²) in [4.78, 5) is 20.1. The molecule has 3 aliphatic rings. The molecule has 2 aromatic rings. The first-order valence-electron chi connectivity index (χ1n) is 11.8. The highest BCUT2D eigenvalue weighted by Gasteiger charge is 2.47. The van der Waals surface area contributed by atoms with E-state index >= 15 is 0 Å². The van der Waals surface area contributed by atoms with E-state index < -0.39 is 5.60 Å². The molecule has 164 valence electrons. The summed E-state index contributed by atoms with van der Waals surface area (Å²) in [6.45, 7) is 5.34. The number of hydrogen-bond acceptors (Lipinski definition) is 4. The lowest BCUT2D eigenvalue weighted by atomic mass is 9.79. The predicted molar refractivity (Wildman–Crippen MR) is 123 cm³/mol. The Morgan fingerprint density at radius 2 is 1.48 bits per heavy atom. The summed E-state index contributed by atoms with van der Waals surface area (Å²) >= 11 is 0. The maximum Gasteiger partial charge on any atom is 0.253 e. The average Bonchev–Trinajstić information content (AvgIpc) is 3.54. The van der Waals surface area contributed by atoms with Crippen molar-refractivity contribution in [1.29, 1.82) is 0 Å². The van der Waals surface area contributed by atoms with Gasteiger partial charge in [-0.2, -0.15) is 0 Å². The second-order valence-corrected chi connectivity index (χ2v) is 9.29. The number of rotatable bonds is 4. The number of aliphatic hydroxyl groups is 1. The summed E-state index contributed by atoms with van der Waals surface area (Å²) in [5, 5.41) is 11.8. The van der Waals surface area contributed by atoms with Gasteiger partial charge in [-0.1, -0.05) is 30.3 Å². The van der Waals surface area contributed by atoms with Crippen molar-refractivity contribution in [3.63, 3.8) is 0 Å². The van der Waals surface area contributed by atoms with E-state index in [9.17, 15) is 9.90 Å².